The topological polar surface area (TPSA) is 69.6 Å². The van der Waals surface area contributed by atoms with Gasteiger partial charge in [-0.2, -0.15) is 0 Å². The van der Waals surface area contributed by atoms with E-state index in [9.17, 15) is 9.59 Å². The Labute approximate surface area is 121 Å². The number of amides is 2. The van der Waals surface area contributed by atoms with Gasteiger partial charge in [0.1, 0.15) is 0 Å². The van der Waals surface area contributed by atoms with Crippen LogP contribution in [0.1, 0.15) is 59.3 Å². The maximum absolute atomic E-state index is 12.2. The molecule has 0 saturated heterocycles. The van der Waals surface area contributed by atoms with Gasteiger partial charge in [-0.05, 0) is 44.9 Å². The Kier molecular flexibility index (Phi) is 6.30. The van der Waals surface area contributed by atoms with Crippen molar-refractivity contribution in [3.63, 3.8) is 0 Å². The van der Waals surface area contributed by atoms with E-state index in [1.54, 1.807) is 4.90 Å². The Balaban J connectivity index is 2.41. The van der Waals surface area contributed by atoms with Crippen molar-refractivity contribution in [1.82, 2.24) is 10.2 Å². The number of carbonyl (C=O) groups is 2. The fraction of sp³-hybridized carbons (Fsp3) is 0.867. The SMILES string of the molecule is CCC1(CNC(=O)N(CCCC(=O)O)C(C)C)CCC1. The molecule has 0 heterocycles. The summed E-state index contributed by atoms with van der Waals surface area (Å²) in [5, 5.41) is 11.7. The van der Waals surface area contributed by atoms with Gasteiger partial charge < -0.3 is 15.3 Å². The van der Waals surface area contributed by atoms with E-state index in [1.165, 1.54) is 19.3 Å². The van der Waals surface area contributed by atoms with Crippen LogP contribution in [0.2, 0.25) is 0 Å². The summed E-state index contributed by atoms with van der Waals surface area (Å²) in [5.74, 6) is -0.812. The minimum absolute atomic E-state index is 0.0647. The molecule has 5 nitrogen and oxygen atoms in total. The first-order chi connectivity index (χ1) is 9.40. The molecule has 1 fully saturated rings. The van der Waals surface area contributed by atoms with Crippen molar-refractivity contribution in [2.24, 2.45) is 5.41 Å². The lowest BCUT2D eigenvalue weighted by Crippen LogP contribution is -2.49. The third-order valence-corrected chi connectivity index (χ3v) is 4.45. The number of urea groups is 1. The lowest BCUT2D eigenvalue weighted by atomic mass is 9.67. The fourth-order valence-electron chi connectivity index (χ4n) is 2.69. The molecule has 1 saturated carbocycles. The molecular formula is C15H28N2O3. The molecule has 5 heteroatoms. The second-order valence-electron chi connectivity index (χ2n) is 6.15. The maximum atomic E-state index is 12.2. The first-order valence-corrected chi connectivity index (χ1v) is 7.66. The summed E-state index contributed by atoms with van der Waals surface area (Å²) in [7, 11) is 0. The number of carbonyl (C=O) groups excluding carboxylic acids is 1. The smallest absolute Gasteiger partial charge is 0.317 e. The number of rotatable bonds is 8. The van der Waals surface area contributed by atoms with Crippen LogP contribution in [0, 0.1) is 5.41 Å². The van der Waals surface area contributed by atoms with Gasteiger partial charge in [0, 0.05) is 25.6 Å². The Morgan fingerprint density at radius 3 is 2.40 bits per heavy atom. The monoisotopic (exact) mass is 284 g/mol. The predicted octanol–water partition coefficient (Wildman–Crippen LogP) is 2.85. The molecule has 2 amide bonds. The van der Waals surface area contributed by atoms with Crippen molar-refractivity contribution in [3.8, 4) is 0 Å². The molecule has 116 valence electrons. The van der Waals surface area contributed by atoms with Gasteiger partial charge in [-0.3, -0.25) is 4.79 Å². The van der Waals surface area contributed by atoms with E-state index in [0.717, 1.165) is 13.0 Å². The molecule has 0 unspecified atom stereocenters. The van der Waals surface area contributed by atoms with Gasteiger partial charge in [0.15, 0.2) is 0 Å². The summed E-state index contributed by atoms with van der Waals surface area (Å²) in [6, 6.07) is 0.0212. The quantitative estimate of drug-likeness (QED) is 0.720. The highest BCUT2D eigenvalue weighted by Crippen LogP contribution is 2.43. The summed E-state index contributed by atoms with van der Waals surface area (Å²) in [4.78, 5) is 24.5. The third-order valence-electron chi connectivity index (χ3n) is 4.45. The normalized spacial score (nSPS) is 16.6. The molecule has 0 bridgehead atoms. The van der Waals surface area contributed by atoms with Crippen LogP contribution in [0.3, 0.4) is 0 Å². The van der Waals surface area contributed by atoms with E-state index in [-0.39, 0.29) is 18.5 Å². The predicted molar refractivity (Wildman–Crippen MR) is 78.7 cm³/mol. The molecule has 0 aliphatic heterocycles. The van der Waals surface area contributed by atoms with E-state index in [4.69, 9.17) is 5.11 Å². The van der Waals surface area contributed by atoms with Crippen LogP contribution in [0.15, 0.2) is 0 Å². The standard InChI is InChI=1S/C15H28N2O3/c1-4-15(8-6-9-15)11-16-14(20)17(12(2)3)10-5-7-13(18)19/h12H,4-11H2,1-3H3,(H,16,20)(H,18,19). The van der Waals surface area contributed by atoms with Gasteiger partial charge >= 0.3 is 12.0 Å². The molecule has 1 rings (SSSR count). The molecule has 0 radical (unpaired) electrons. The molecule has 0 aromatic heterocycles. The summed E-state index contributed by atoms with van der Waals surface area (Å²) in [6.45, 7) is 7.33. The first-order valence-electron chi connectivity index (χ1n) is 7.66. The number of carboxylic acids is 1. The molecule has 0 atom stereocenters. The highest BCUT2D eigenvalue weighted by Gasteiger charge is 2.35. The summed E-state index contributed by atoms with van der Waals surface area (Å²) in [6.07, 6.45) is 5.37. The minimum atomic E-state index is -0.812. The Morgan fingerprint density at radius 1 is 1.35 bits per heavy atom. The van der Waals surface area contributed by atoms with Crippen LogP contribution < -0.4 is 5.32 Å². The number of nitrogens with one attached hydrogen (secondary N) is 1. The molecule has 0 aromatic rings. The van der Waals surface area contributed by atoms with Crippen molar-refractivity contribution in [2.75, 3.05) is 13.1 Å². The van der Waals surface area contributed by atoms with E-state index in [2.05, 4.69) is 12.2 Å². The largest absolute Gasteiger partial charge is 0.481 e. The number of carboxylic acid groups (broad SMARTS) is 1. The minimum Gasteiger partial charge on any atom is -0.481 e. The second-order valence-corrected chi connectivity index (χ2v) is 6.15. The van der Waals surface area contributed by atoms with Crippen LogP contribution in [-0.4, -0.2) is 41.1 Å². The highest BCUT2D eigenvalue weighted by molar-refractivity contribution is 5.74. The van der Waals surface area contributed by atoms with Crippen LogP contribution >= 0.6 is 0 Å². The zero-order valence-corrected chi connectivity index (χ0v) is 12.9. The number of hydrogen-bond donors (Lipinski definition) is 2. The van der Waals surface area contributed by atoms with Crippen molar-refractivity contribution in [1.29, 1.82) is 0 Å². The Hall–Kier alpha value is -1.26. The van der Waals surface area contributed by atoms with E-state index >= 15 is 0 Å². The van der Waals surface area contributed by atoms with Crippen LogP contribution in [-0.2, 0) is 4.79 Å². The van der Waals surface area contributed by atoms with Gasteiger partial charge in [0.05, 0.1) is 0 Å². The Bertz CT molecular complexity index is 333. The third kappa shape index (κ3) is 4.69. The molecule has 0 aromatic carbocycles. The van der Waals surface area contributed by atoms with Gasteiger partial charge in [0.25, 0.3) is 0 Å². The summed E-state index contributed by atoms with van der Waals surface area (Å²) >= 11 is 0. The molecule has 1 aliphatic carbocycles. The molecular weight excluding hydrogens is 256 g/mol. The van der Waals surface area contributed by atoms with Gasteiger partial charge in [0.2, 0.25) is 0 Å². The lowest BCUT2D eigenvalue weighted by Gasteiger charge is -2.42. The van der Waals surface area contributed by atoms with Gasteiger partial charge in [-0.1, -0.05) is 13.3 Å². The van der Waals surface area contributed by atoms with Crippen molar-refractivity contribution >= 4 is 12.0 Å². The molecule has 1 aliphatic rings. The van der Waals surface area contributed by atoms with Gasteiger partial charge in [-0.25, -0.2) is 4.79 Å². The van der Waals surface area contributed by atoms with Gasteiger partial charge in [-0.15, -0.1) is 0 Å². The van der Waals surface area contributed by atoms with Crippen LogP contribution in [0.25, 0.3) is 0 Å². The van der Waals surface area contributed by atoms with Crippen LogP contribution in [0.4, 0.5) is 4.79 Å². The second kappa shape index (κ2) is 7.50. The fourth-order valence-corrected chi connectivity index (χ4v) is 2.69. The van der Waals surface area contributed by atoms with Crippen molar-refractivity contribution in [2.45, 2.75) is 65.3 Å². The summed E-state index contributed by atoms with van der Waals surface area (Å²) < 4.78 is 0. The first kappa shape index (κ1) is 16.8. The zero-order valence-electron chi connectivity index (χ0n) is 12.9. The van der Waals surface area contributed by atoms with E-state index in [1.807, 2.05) is 13.8 Å². The van der Waals surface area contributed by atoms with E-state index in [0.29, 0.717) is 18.4 Å². The van der Waals surface area contributed by atoms with Crippen molar-refractivity contribution < 1.29 is 14.7 Å². The average Bonchev–Trinajstić information content (AvgIpc) is 2.32. The molecule has 20 heavy (non-hydrogen) atoms. The molecule has 2 N–H and O–H groups in total. The van der Waals surface area contributed by atoms with Crippen LogP contribution in [0.5, 0.6) is 0 Å². The number of aliphatic carboxylic acids is 1. The average molecular weight is 284 g/mol. The lowest BCUT2D eigenvalue weighted by molar-refractivity contribution is -0.137. The molecule has 0 spiro atoms. The van der Waals surface area contributed by atoms with E-state index < -0.39 is 5.97 Å². The zero-order chi connectivity index (χ0) is 15.2. The number of hydrogen-bond acceptors (Lipinski definition) is 2. The maximum Gasteiger partial charge on any atom is 0.317 e. The van der Waals surface area contributed by atoms with Crippen molar-refractivity contribution in [3.05, 3.63) is 0 Å². The Morgan fingerprint density at radius 2 is 2.00 bits per heavy atom. The summed E-state index contributed by atoms with van der Waals surface area (Å²) in [5.41, 5.74) is 0.305. The highest BCUT2D eigenvalue weighted by atomic mass is 16.4. The number of nitrogens with zero attached hydrogens (tertiary/aromatic N) is 1.